The Morgan fingerprint density at radius 2 is 2.28 bits per heavy atom. The van der Waals surface area contributed by atoms with Crippen LogP contribution in [0.5, 0.6) is 0 Å². The first-order chi connectivity index (χ1) is 8.40. The van der Waals surface area contributed by atoms with Gasteiger partial charge < -0.3 is 9.84 Å². The first-order valence-corrected chi connectivity index (χ1v) is 5.70. The Kier molecular flexibility index (Phi) is 3.36. The van der Waals surface area contributed by atoms with Gasteiger partial charge in [0.1, 0.15) is 18.5 Å². The van der Waals surface area contributed by atoms with Gasteiger partial charge in [0.2, 0.25) is 0 Å². The van der Waals surface area contributed by atoms with Crippen LogP contribution in [0.3, 0.4) is 0 Å². The van der Waals surface area contributed by atoms with Gasteiger partial charge in [0.15, 0.2) is 0 Å². The highest BCUT2D eigenvalue weighted by molar-refractivity contribution is 5.02. The van der Waals surface area contributed by atoms with E-state index in [0.717, 1.165) is 4.57 Å². The summed E-state index contributed by atoms with van der Waals surface area (Å²) in [5.41, 5.74) is -0.777. The largest absolute Gasteiger partial charge is 0.391 e. The monoisotopic (exact) mass is 258 g/mol. The van der Waals surface area contributed by atoms with Crippen molar-refractivity contribution in [3.63, 3.8) is 0 Å². The van der Waals surface area contributed by atoms with E-state index >= 15 is 0 Å². The van der Waals surface area contributed by atoms with Crippen LogP contribution in [0.4, 0.5) is 4.39 Å². The molecule has 0 aliphatic carbocycles. The number of halogens is 1. The quantitative estimate of drug-likeness (QED) is 0.772. The van der Waals surface area contributed by atoms with Crippen LogP contribution >= 0.6 is 0 Å². The predicted octanol–water partition coefficient (Wildman–Crippen LogP) is -0.149. The molecule has 1 aromatic rings. The number of ether oxygens (including phenoxy) is 1. The number of hydrogen-bond acceptors (Lipinski definition) is 4. The third kappa shape index (κ3) is 2.23. The van der Waals surface area contributed by atoms with Crippen LogP contribution in [0, 0.1) is 6.92 Å². The van der Waals surface area contributed by atoms with Gasteiger partial charge in [-0.3, -0.25) is 14.3 Å². The number of aryl methyl sites for hydroxylation is 1. The molecule has 1 aliphatic heterocycles. The van der Waals surface area contributed by atoms with E-state index in [2.05, 4.69) is 4.98 Å². The maximum absolute atomic E-state index is 13.6. The Morgan fingerprint density at radius 3 is 2.83 bits per heavy atom. The molecule has 18 heavy (non-hydrogen) atoms. The molecule has 4 atom stereocenters. The highest BCUT2D eigenvalue weighted by Crippen LogP contribution is 2.31. The molecule has 0 saturated carbocycles. The predicted molar refractivity (Wildman–Crippen MR) is 61.2 cm³/mol. The van der Waals surface area contributed by atoms with Crippen molar-refractivity contribution in [1.29, 1.82) is 0 Å². The lowest BCUT2D eigenvalue weighted by molar-refractivity contribution is -0.0668. The summed E-state index contributed by atoms with van der Waals surface area (Å²) >= 11 is 0. The second-order valence-electron chi connectivity index (χ2n) is 4.53. The maximum atomic E-state index is 13.6. The Hall–Kier alpha value is -1.47. The van der Waals surface area contributed by atoms with E-state index in [1.165, 1.54) is 13.1 Å². The summed E-state index contributed by atoms with van der Waals surface area (Å²) < 4.78 is 20.1. The molecule has 6 nitrogen and oxygen atoms in total. The number of nitrogens with zero attached hydrogens (tertiary/aromatic N) is 1. The summed E-state index contributed by atoms with van der Waals surface area (Å²) in [5.74, 6) is 0. The summed E-state index contributed by atoms with van der Waals surface area (Å²) in [5, 5.41) is 9.35. The van der Waals surface area contributed by atoms with Gasteiger partial charge >= 0.3 is 5.69 Å². The van der Waals surface area contributed by atoms with E-state index < -0.39 is 35.9 Å². The number of hydrogen-bond donors (Lipinski definition) is 2. The number of aromatic nitrogens is 2. The van der Waals surface area contributed by atoms with Crippen LogP contribution in [0.1, 0.15) is 25.1 Å². The topological polar surface area (TPSA) is 84.3 Å². The number of aliphatic hydroxyl groups is 1. The van der Waals surface area contributed by atoms with Crippen LogP contribution in [0.15, 0.2) is 15.8 Å². The van der Waals surface area contributed by atoms with Gasteiger partial charge in [-0.2, -0.15) is 0 Å². The van der Waals surface area contributed by atoms with Gasteiger partial charge in [-0.1, -0.05) is 0 Å². The van der Waals surface area contributed by atoms with Gasteiger partial charge in [0.25, 0.3) is 5.56 Å². The van der Waals surface area contributed by atoms with E-state index in [1.54, 1.807) is 6.92 Å². The fraction of sp³-hybridized carbons (Fsp3) is 0.636. The molecule has 0 bridgehead atoms. The zero-order chi connectivity index (χ0) is 13.4. The highest BCUT2D eigenvalue weighted by atomic mass is 19.1. The molecule has 100 valence electrons. The normalized spacial score (nSPS) is 29.4. The maximum Gasteiger partial charge on any atom is 0.330 e. The Labute approximate surface area is 102 Å². The lowest BCUT2D eigenvalue weighted by Gasteiger charge is -2.17. The Morgan fingerprint density at radius 1 is 1.61 bits per heavy atom. The molecular formula is C11H15FN2O4. The Balaban J connectivity index is 2.32. The number of aliphatic hydroxyl groups excluding tert-OH is 1. The zero-order valence-electron chi connectivity index (χ0n) is 10.1. The smallest absolute Gasteiger partial charge is 0.330 e. The SMILES string of the molecule is Cc1cn([C@H]2C[C@H](F)C([C@H](C)O)O2)c(=O)[nH]c1=O. The molecule has 1 aliphatic rings. The van der Waals surface area contributed by atoms with Gasteiger partial charge in [-0.05, 0) is 13.8 Å². The minimum atomic E-state index is -1.34. The summed E-state index contributed by atoms with van der Waals surface area (Å²) in [6, 6.07) is 0. The third-order valence-electron chi connectivity index (χ3n) is 3.03. The molecule has 0 amide bonds. The van der Waals surface area contributed by atoms with Crippen LogP contribution in [0.2, 0.25) is 0 Å². The molecular weight excluding hydrogens is 243 g/mol. The second-order valence-corrected chi connectivity index (χ2v) is 4.53. The molecule has 1 aromatic heterocycles. The minimum Gasteiger partial charge on any atom is -0.391 e. The Bertz CT molecular complexity index is 551. The lowest BCUT2D eigenvalue weighted by Crippen LogP contribution is -2.34. The van der Waals surface area contributed by atoms with Crippen LogP contribution in [0.25, 0.3) is 0 Å². The molecule has 1 saturated heterocycles. The molecule has 7 heteroatoms. The van der Waals surface area contributed by atoms with E-state index in [9.17, 15) is 19.1 Å². The van der Waals surface area contributed by atoms with Crippen molar-refractivity contribution in [2.45, 2.75) is 44.9 Å². The first kappa shape index (κ1) is 13.0. The zero-order valence-corrected chi connectivity index (χ0v) is 10.1. The summed E-state index contributed by atoms with van der Waals surface area (Å²) in [4.78, 5) is 25.0. The van der Waals surface area contributed by atoms with Crippen LogP contribution in [-0.4, -0.2) is 33.0 Å². The van der Waals surface area contributed by atoms with E-state index in [0.29, 0.717) is 5.56 Å². The van der Waals surface area contributed by atoms with E-state index in [-0.39, 0.29) is 6.42 Å². The van der Waals surface area contributed by atoms with Crippen molar-refractivity contribution in [3.05, 3.63) is 32.6 Å². The fourth-order valence-corrected chi connectivity index (χ4v) is 2.04. The fourth-order valence-electron chi connectivity index (χ4n) is 2.04. The number of nitrogens with one attached hydrogen (secondary N) is 1. The molecule has 1 unspecified atom stereocenters. The lowest BCUT2D eigenvalue weighted by atomic mass is 10.1. The highest BCUT2D eigenvalue weighted by Gasteiger charge is 2.39. The molecule has 2 rings (SSSR count). The van der Waals surface area contributed by atoms with Crippen molar-refractivity contribution in [1.82, 2.24) is 9.55 Å². The first-order valence-electron chi connectivity index (χ1n) is 5.70. The molecule has 1 fully saturated rings. The number of alkyl halides is 1. The van der Waals surface area contributed by atoms with Gasteiger partial charge in [-0.15, -0.1) is 0 Å². The average Bonchev–Trinajstić information content (AvgIpc) is 2.65. The van der Waals surface area contributed by atoms with Gasteiger partial charge in [0, 0.05) is 18.2 Å². The van der Waals surface area contributed by atoms with Crippen molar-refractivity contribution in [2.24, 2.45) is 0 Å². The second kappa shape index (κ2) is 4.66. The van der Waals surface area contributed by atoms with Gasteiger partial charge in [-0.25, -0.2) is 9.18 Å². The standard InChI is InChI=1S/C11H15FN2O4/c1-5-4-14(11(17)13-10(5)16)8-3-7(12)9(18-8)6(2)15/h4,6-9,15H,3H2,1-2H3,(H,13,16,17)/t6-,7-,8+,9?/m0/s1. The summed E-state index contributed by atoms with van der Waals surface area (Å²) in [6.07, 6.45) is -2.74. The summed E-state index contributed by atoms with van der Waals surface area (Å²) in [6.45, 7) is 2.98. The van der Waals surface area contributed by atoms with Crippen molar-refractivity contribution in [3.8, 4) is 0 Å². The van der Waals surface area contributed by atoms with Crippen molar-refractivity contribution >= 4 is 0 Å². The number of rotatable bonds is 2. The molecule has 0 aromatic carbocycles. The molecule has 0 spiro atoms. The van der Waals surface area contributed by atoms with Crippen LogP contribution < -0.4 is 11.2 Å². The molecule has 2 heterocycles. The van der Waals surface area contributed by atoms with Crippen molar-refractivity contribution in [2.75, 3.05) is 0 Å². The average molecular weight is 258 g/mol. The third-order valence-corrected chi connectivity index (χ3v) is 3.03. The number of aromatic amines is 1. The number of H-pyrrole nitrogens is 1. The van der Waals surface area contributed by atoms with Gasteiger partial charge in [0.05, 0.1) is 6.10 Å². The minimum absolute atomic E-state index is 0.0268. The molecule has 2 N–H and O–H groups in total. The van der Waals surface area contributed by atoms with Crippen LogP contribution in [-0.2, 0) is 4.74 Å². The van der Waals surface area contributed by atoms with E-state index in [4.69, 9.17) is 4.74 Å². The van der Waals surface area contributed by atoms with Crippen molar-refractivity contribution < 1.29 is 14.2 Å². The van der Waals surface area contributed by atoms with E-state index in [1.807, 2.05) is 0 Å². The molecule has 0 radical (unpaired) electrons. The summed E-state index contributed by atoms with van der Waals surface area (Å²) in [7, 11) is 0.